The van der Waals surface area contributed by atoms with Gasteiger partial charge >= 0.3 is 0 Å². The highest BCUT2D eigenvalue weighted by atomic mass is 32.1. The average molecular weight is 401 g/mol. The maximum Gasteiger partial charge on any atom is 0.246 e. The van der Waals surface area contributed by atoms with Gasteiger partial charge in [0, 0.05) is 18.5 Å². The molecule has 2 aromatic rings. The molecule has 1 aliphatic rings. The van der Waals surface area contributed by atoms with Crippen molar-refractivity contribution >= 4 is 28.1 Å². The second-order valence-electron chi connectivity index (χ2n) is 6.93. The van der Waals surface area contributed by atoms with Crippen LogP contribution in [0.5, 0.6) is 0 Å². The van der Waals surface area contributed by atoms with E-state index in [0.29, 0.717) is 0 Å². The van der Waals surface area contributed by atoms with E-state index in [4.69, 9.17) is 4.74 Å². The molecule has 7 heteroatoms. The molecular formula is C21H28N4O2S. The molecule has 28 heavy (non-hydrogen) atoms. The smallest absolute Gasteiger partial charge is 0.246 e. The fraction of sp³-hybridized carbons (Fsp3) is 0.476. The van der Waals surface area contributed by atoms with E-state index in [9.17, 15) is 4.79 Å². The molecule has 0 radical (unpaired) electrons. The number of thiazole rings is 1. The van der Waals surface area contributed by atoms with Gasteiger partial charge in [-0.2, -0.15) is 5.10 Å². The summed E-state index contributed by atoms with van der Waals surface area (Å²) >= 11 is 1.57. The second kappa shape index (κ2) is 10.3. The Bertz CT molecular complexity index is 795. The molecule has 1 N–H and O–H groups in total. The van der Waals surface area contributed by atoms with Crippen molar-refractivity contribution < 1.29 is 9.53 Å². The lowest BCUT2D eigenvalue weighted by Crippen LogP contribution is -2.36. The molecule has 1 aromatic heterocycles. The van der Waals surface area contributed by atoms with E-state index >= 15 is 0 Å². The fourth-order valence-electron chi connectivity index (χ4n) is 2.99. The Morgan fingerprint density at radius 3 is 2.75 bits per heavy atom. The standard InChI is InChI=1S/C21H28N4O2S/c1-3-4-5-17-6-8-18(9-7-17)16(2)23-24-20(26)14-19-15-28-21(22-19)25-10-12-27-13-11-25/h6-9,15H,3-5,10-14H2,1-2H3,(H,24,26)/b23-16-. The molecule has 0 saturated carbocycles. The molecule has 2 heterocycles. The summed E-state index contributed by atoms with van der Waals surface area (Å²) in [7, 11) is 0. The van der Waals surface area contributed by atoms with E-state index in [1.54, 1.807) is 11.3 Å². The minimum absolute atomic E-state index is 0.155. The van der Waals surface area contributed by atoms with Gasteiger partial charge in [-0.1, -0.05) is 37.6 Å². The van der Waals surface area contributed by atoms with Gasteiger partial charge in [0.25, 0.3) is 0 Å². The Morgan fingerprint density at radius 2 is 2.04 bits per heavy atom. The summed E-state index contributed by atoms with van der Waals surface area (Å²) in [6.45, 7) is 7.25. The van der Waals surface area contributed by atoms with Gasteiger partial charge in [0.05, 0.1) is 31.0 Å². The van der Waals surface area contributed by atoms with Crippen molar-refractivity contribution in [1.82, 2.24) is 10.4 Å². The summed E-state index contributed by atoms with van der Waals surface area (Å²) in [4.78, 5) is 19.0. The van der Waals surface area contributed by atoms with Gasteiger partial charge in [0.15, 0.2) is 5.13 Å². The Labute approximate surface area is 170 Å². The number of amides is 1. The van der Waals surface area contributed by atoms with Crippen molar-refractivity contribution in [3.05, 3.63) is 46.5 Å². The van der Waals surface area contributed by atoms with Crippen LogP contribution < -0.4 is 10.3 Å². The molecule has 1 saturated heterocycles. The quantitative estimate of drug-likeness (QED) is 0.545. The lowest BCUT2D eigenvalue weighted by molar-refractivity contribution is -0.120. The van der Waals surface area contributed by atoms with Crippen molar-refractivity contribution in [3.8, 4) is 0 Å². The Morgan fingerprint density at radius 1 is 1.29 bits per heavy atom. The van der Waals surface area contributed by atoms with Crippen LogP contribution in [0.2, 0.25) is 0 Å². The van der Waals surface area contributed by atoms with Crippen LogP contribution in [0.1, 0.15) is 43.5 Å². The van der Waals surface area contributed by atoms with Crippen LogP contribution in [0.15, 0.2) is 34.7 Å². The predicted molar refractivity (Wildman–Crippen MR) is 114 cm³/mol. The molecule has 3 rings (SSSR count). The third-order valence-corrected chi connectivity index (χ3v) is 5.65. The molecule has 150 valence electrons. The van der Waals surface area contributed by atoms with E-state index in [1.165, 1.54) is 18.4 Å². The maximum absolute atomic E-state index is 12.2. The van der Waals surface area contributed by atoms with E-state index in [0.717, 1.165) is 54.8 Å². The zero-order chi connectivity index (χ0) is 19.8. The number of aromatic nitrogens is 1. The SMILES string of the molecule is CCCCc1ccc(/C(C)=N\NC(=O)Cc2csc(N3CCOCC3)n2)cc1. The van der Waals surface area contributed by atoms with Crippen LogP contribution in [-0.4, -0.2) is 42.9 Å². The monoisotopic (exact) mass is 400 g/mol. The number of ether oxygens (including phenoxy) is 1. The predicted octanol–water partition coefficient (Wildman–Crippen LogP) is 3.41. The zero-order valence-corrected chi connectivity index (χ0v) is 17.4. The summed E-state index contributed by atoms with van der Waals surface area (Å²) in [5.41, 5.74) is 6.57. The Hall–Kier alpha value is -2.25. The summed E-state index contributed by atoms with van der Waals surface area (Å²) in [5.74, 6) is -0.155. The van der Waals surface area contributed by atoms with Crippen LogP contribution in [0.4, 0.5) is 5.13 Å². The minimum Gasteiger partial charge on any atom is -0.378 e. The molecule has 1 aliphatic heterocycles. The zero-order valence-electron chi connectivity index (χ0n) is 16.6. The van der Waals surface area contributed by atoms with Gasteiger partial charge in [-0.15, -0.1) is 11.3 Å². The summed E-state index contributed by atoms with van der Waals surface area (Å²) in [5, 5.41) is 7.14. The van der Waals surface area contributed by atoms with Crippen molar-refractivity contribution in [2.75, 3.05) is 31.2 Å². The second-order valence-corrected chi connectivity index (χ2v) is 7.77. The van der Waals surface area contributed by atoms with Gasteiger partial charge < -0.3 is 9.64 Å². The molecular weight excluding hydrogens is 372 g/mol. The first kappa shape index (κ1) is 20.5. The maximum atomic E-state index is 12.2. The Balaban J connectivity index is 1.51. The minimum atomic E-state index is -0.155. The third-order valence-electron chi connectivity index (χ3n) is 4.70. The van der Waals surface area contributed by atoms with Crippen molar-refractivity contribution in [3.63, 3.8) is 0 Å². The van der Waals surface area contributed by atoms with Gasteiger partial charge in [-0.05, 0) is 30.9 Å². The van der Waals surface area contributed by atoms with Crippen LogP contribution in [-0.2, 0) is 22.4 Å². The van der Waals surface area contributed by atoms with Crippen molar-refractivity contribution in [2.24, 2.45) is 5.10 Å². The number of benzene rings is 1. The van der Waals surface area contributed by atoms with Crippen LogP contribution in [0.25, 0.3) is 0 Å². The van der Waals surface area contributed by atoms with E-state index in [2.05, 4.69) is 51.6 Å². The number of carbonyl (C=O) groups is 1. The Kier molecular flexibility index (Phi) is 7.56. The normalized spacial score (nSPS) is 14.9. The van der Waals surface area contributed by atoms with E-state index in [1.807, 2.05) is 12.3 Å². The summed E-state index contributed by atoms with van der Waals surface area (Å²) < 4.78 is 5.36. The molecule has 0 atom stereocenters. The number of carbonyl (C=O) groups excluding carboxylic acids is 1. The van der Waals surface area contributed by atoms with Gasteiger partial charge in [-0.25, -0.2) is 10.4 Å². The van der Waals surface area contributed by atoms with Gasteiger partial charge in [0.2, 0.25) is 5.91 Å². The third kappa shape index (κ3) is 5.87. The number of hydrogen-bond donors (Lipinski definition) is 1. The van der Waals surface area contributed by atoms with Crippen LogP contribution in [0.3, 0.4) is 0 Å². The topological polar surface area (TPSA) is 66.8 Å². The highest BCUT2D eigenvalue weighted by molar-refractivity contribution is 7.13. The molecule has 0 bridgehead atoms. The first-order valence-electron chi connectivity index (χ1n) is 9.85. The molecule has 1 fully saturated rings. The highest BCUT2D eigenvalue weighted by Crippen LogP contribution is 2.21. The number of nitrogens with zero attached hydrogens (tertiary/aromatic N) is 3. The lowest BCUT2D eigenvalue weighted by atomic mass is 10.0. The molecule has 6 nitrogen and oxygen atoms in total. The number of rotatable bonds is 8. The van der Waals surface area contributed by atoms with Gasteiger partial charge in [-0.3, -0.25) is 4.79 Å². The number of aryl methyl sites for hydroxylation is 1. The number of hydrazone groups is 1. The molecule has 0 spiro atoms. The molecule has 0 unspecified atom stereocenters. The molecule has 1 aromatic carbocycles. The number of morpholine rings is 1. The number of hydrogen-bond acceptors (Lipinski definition) is 6. The summed E-state index contributed by atoms with van der Waals surface area (Å²) in [6.07, 6.45) is 3.73. The van der Waals surface area contributed by atoms with Crippen molar-refractivity contribution in [1.29, 1.82) is 0 Å². The number of nitrogens with one attached hydrogen (secondary N) is 1. The van der Waals surface area contributed by atoms with Gasteiger partial charge in [0.1, 0.15) is 0 Å². The average Bonchev–Trinajstić information content (AvgIpc) is 3.20. The van der Waals surface area contributed by atoms with Crippen LogP contribution >= 0.6 is 11.3 Å². The number of unbranched alkanes of at least 4 members (excludes halogenated alkanes) is 1. The van der Waals surface area contributed by atoms with Crippen LogP contribution in [0, 0.1) is 0 Å². The number of anilines is 1. The molecule has 1 amide bonds. The van der Waals surface area contributed by atoms with E-state index in [-0.39, 0.29) is 12.3 Å². The molecule has 0 aliphatic carbocycles. The van der Waals surface area contributed by atoms with Crippen molar-refractivity contribution in [2.45, 2.75) is 39.5 Å². The first-order valence-corrected chi connectivity index (χ1v) is 10.7. The summed E-state index contributed by atoms with van der Waals surface area (Å²) in [6, 6.07) is 8.39. The largest absolute Gasteiger partial charge is 0.378 e. The highest BCUT2D eigenvalue weighted by Gasteiger charge is 2.15. The first-order chi connectivity index (χ1) is 13.7. The van der Waals surface area contributed by atoms with E-state index < -0.39 is 0 Å². The fourth-order valence-corrected chi connectivity index (χ4v) is 3.86. The lowest BCUT2D eigenvalue weighted by Gasteiger charge is -2.26.